The van der Waals surface area contributed by atoms with Gasteiger partial charge in [-0.05, 0) is 48.7 Å². The van der Waals surface area contributed by atoms with E-state index in [1.165, 1.54) is 6.26 Å². The van der Waals surface area contributed by atoms with E-state index in [0.717, 1.165) is 28.9 Å². The third-order valence-corrected chi connectivity index (χ3v) is 5.85. The van der Waals surface area contributed by atoms with Crippen LogP contribution in [0.25, 0.3) is 5.69 Å². The highest BCUT2D eigenvalue weighted by Crippen LogP contribution is 2.17. The van der Waals surface area contributed by atoms with Gasteiger partial charge in [-0.15, -0.1) is 24.0 Å². The van der Waals surface area contributed by atoms with E-state index in [4.69, 9.17) is 0 Å². The molecule has 9 heteroatoms. The third-order valence-electron chi connectivity index (χ3n) is 4.59. The Balaban J connectivity index is 0.00000341. The number of guanidine groups is 1. The van der Waals surface area contributed by atoms with Crippen molar-refractivity contribution < 1.29 is 8.42 Å². The number of aromatic nitrogens is 2. The highest BCUT2D eigenvalue weighted by Gasteiger charge is 2.11. The lowest BCUT2D eigenvalue weighted by Gasteiger charge is -2.14. The van der Waals surface area contributed by atoms with Crippen molar-refractivity contribution >= 4 is 39.8 Å². The second-order valence-corrected chi connectivity index (χ2v) is 8.98. The number of sulfone groups is 1. The summed E-state index contributed by atoms with van der Waals surface area (Å²) >= 11 is 0. The number of rotatable bonds is 7. The summed E-state index contributed by atoms with van der Waals surface area (Å²) < 4.78 is 25.4. The van der Waals surface area contributed by atoms with Crippen LogP contribution < -0.4 is 10.6 Å². The molecule has 2 N–H and O–H groups in total. The maximum Gasteiger partial charge on any atom is 0.191 e. The highest BCUT2D eigenvalue weighted by molar-refractivity contribution is 14.0. The minimum atomic E-state index is -3.22. The predicted octanol–water partition coefficient (Wildman–Crippen LogP) is 3.46. The molecular formula is C22H28IN5O2S. The Morgan fingerprint density at radius 1 is 1.13 bits per heavy atom. The number of aryl methyl sites for hydroxylation is 1. The van der Waals surface area contributed by atoms with E-state index in [1.54, 1.807) is 19.2 Å². The van der Waals surface area contributed by atoms with Gasteiger partial charge in [0.1, 0.15) is 0 Å². The molecule has 3 aromatic rings. The van der Waals surface area contributed by atoms with Crippen molar-refractivity contribution in [3.63, 3.8) is 0 Å². The lowest BCUT2D eigenvalue weighted by Crippen LogP contribution is -2.37. The number of para-hydroxylation sites is 1. The molecule has 7 nitrogen and oxygen atoms in total. The molecule has 0 fully saturated rings. The van der Waals surface area contributed by atoms with Gasteiger partial charge in [0.2, 0.25) is 0 Å². The van der Waals surface area contributed by atoms with Crippen molar-refractivity contribution in [3.8, 4) is 5.69 Å². The molecule has 2 aromatic carbocycles. The zero-order valence-electron chi connectivity index (χ0n) is 17.9. The average molecular weight is 553 g/mol. The van der Waals surface area contributed by atoms with Gasteiger partial charge in [-0.25, -0.2) is 18.1 Å². The molecule has 0 aliphatic rings. The molecule has 0 saturated heterocycles. The van der Waals surface area contributed by atoms with Gasteiger partial charge in [-0.3, -0.25) is 0 Å². The molecule has 0 unspecified atom stereocenters. The van der Waals surface area contributed by atoms with Crippen LogP contribution in [0.2, 0.25) is 0 Å². The first-order valence-corrected chi connectivity index (χ1v) is 11.7. The molecule has 31 heavy (non-hydrogen) atoms. The van der Waals surface area contributed by atoms with Crippen LogP contribution in [0, 0.1) is 6.92 Å². The summed E-state index contributed by atoms with van der Waals surface area (Å²) in [6, 6.07) is 15.3. The van der Waals surface area contributed by atoms with Crippen LogP contribution in [0.5, 0.6) is 0 Å². The summed E-state index contributed by atoms with van der Waals surface area (Å²) in [5.41, 5.74) is 3.79. The largest absolute Gasteiger partial charge is 0.357 e. The van der Waals surface area contributed by atoms with E-state index < -0.39 is 9.84 Å². The Morgan fingerprint density at radius 3 is 2.55 bits per heavy atom. The number of benzene rings is 2. The predicted molar refractivity (Wildman–Crippen MR) is 135 cm³/mol. The standard InChI is InChI=1S/C22H27N5O2S.HI/c1-4-23-22(24-15-18-10-11-21(17(2)14-18)30(3,28)29)25-16-19-8-5-6-9-20(19)27-13-7-12-26-27;/h5-14H,4,15-16H2,1-3H3,(H2,23,24,25);1H. The van der Waals surface area contributed by atoms with Gasteiger partial charge in [-0.1, -0.05) is 30.3 Å². The fourth-order valence-corrected chi connectivity index (χ4v) is 4.17. The lowest BCUT2D eigenvalue weighted by atomic mass is 10.1. The Labute approximate surface area is 200 Å². The maximum absolute atomic E-state index is 11.8. The van der Waals surface area contributed by atoms with E-state index in [1.807, 2.05) is 54.2 Å². The second-order valence-electron chi connectivity index (χ2n) is 7.00. The first-order valence-electron chi connectivity index (χ1n) is 9.78. The Bertz CT molecular complexity index is 1130. The zero-order valence-corrected chi connectivity index (χ0v) is 21.0. The number of halogens is 1. The molecule has 3 rings (SSSR count). The van der Waals surface area contributed by atoms with Crippen molar-refractivity contribution in [3.05, 3.63) is 77.6 Å². The fourth-order valence-electron chi connectivity index (χ4n) is 3.21. The van der Waals surface area contributed by atoms with Gasteiger partial charge in [0.05, 0.1) is 17.1 Å². The Morgan fingerprint density at radius 2 is 1.90 bits per heavy atom. The number of hydrogen-bond donors (Lipinski definition) is 2. The third kappa shape index (κ3) is 6.79. The van der Waals surface area contributed by atoms with Crippen LogP contribution in [-0.2, 0) is 22.9 Å². The van der Waals surface area contributed by atoms with Crippen molar-refractivity contribution in [1.29, 1.82) is 0 Å². The van der Waals surface area contributed by atoms with E-state index in [-0.39, 0.29) is 24.0 Å². The summed E-state index contributed by atoms with van der Waals surface area (Å²) in [6.45, 7) is 5.59. The first kappa shape index (κ1) is 24.9. The zero-order chi connectivity index (χ0) is 21.6. The Kier molecular flexibility index (Phi) is 9.05. The van der Waals surface area contributed by atoms with Crippen molar-refractivity contribution in [2.75, 3.05) is 12.8 Å². The minimum absolute atomic E-state index is 0. The van der Waals surface area contributed by atoms with Crippen LogP contribution in [0.3, 0.4) is 0 Å². The molecule has 166 valence electrons. The molecule has 1 aromatic heterocycles. The molecule has 0 aliphatic heterocycles. The van der Waals surface area contributed by atoms with Gasteiger partial charge >= 0.3 is 0 Å². The summed E-state index contributed by atoms with van der Waals surface area (Å²) in [5.74, 6) is 0.692. The minimum Gasteiger partial charge on any atom is -0.357 e. The summed E-state index contributed by atoms with van der Waals surface area (Å²) in [7, 11) is -3.22. The average Bonchev–Trinajstić information content (AvgIpc) is 3.24. The molecular weight excluding hydrogens is 525 g/mol. The van der Waals surface area contributed by atoms with Crippen LogP contribution in [-0.4, -0.2) is 37.0 Å². The van der Waals surface area contributed by atoms with Crippen LogP contribution in [0.1, 0.15) is 23.6 Å². The van der Waals surface area contributed by atoms with Gasteiger partial charge in [0, 0.05) is 31.7 Å². The quantitative estimate of drug-likeness (QED) is 0.266. The van der Waals surface area contributed by atoms with E-state index >= 15 is 0 Å². The lowest BCUT2D eigenvalue weighted by molar-refractivity contribution is 0.601. The molecule has 0 spiro atoms. The molecule has 0 aliphatic carbocycles. The SMILES string of the molecule is CCNC(=NCc1ccc(S(C)(=O)=O)c(C)c1)NCc1ccccc1-n1cccn1.I. The molecule has 0 radical (unpaired) electrons. The van der Waals surface area contributed by atoms with Crippen LogP contribution in [0.15, 0.2) is 70.8 Å². The van der Waals surface area contributed by atoms with E-state index in [2.05, 4.69) is 26.8 Å². The smallest absolute Gasteiger partial charge is 0.191 e. The molecule has 0 bridgehead atoms. The van der Waals surface area contributed by atoms with Gasteiger partial charge in [0.25, 0.3) is 0 Å². The first-order chi connectivity index (χ1) is 14.4. The van der Waals surface area contributed by atoms with E-state index in [0.29, 0.717) is 23.9 Å². The van der Waals surface area contributed by atoms with Crippen molar-refractivity contribution in [2.24, 2.45) is 4.99 Å². The Hall–Kier alpha value is -2.40. The second kappa shape index (κ2) is 11.3. The number of aliphatic imine (C=N–C) groups is 1. The molecule has 0 atom stereocenters. The van der Waals surface area contributed by atoms with Gasteiger partial charge in [-0.2, -0.15) is 5.10 Å². The summed E-state index contributed by atoms with van der Waals surface area (Å²) in [4.78, 5) is 5.00. The monoisotopic (exact) mass is 553 g/mol. The normalized spacial score (nSPS) is 11.6. The number of hydrogen-bond acceptors (Lipinski definition) is 4. The molecule has 0 saturated carbocycles. The fraction of sp³-hybridized carbons (Fsp3) is 0.273. The molecule has 1 heterocycles. The van der Waals surface area contributed by atoms with Crippen LogP contribution in [0.4, 0.5) is 0 Å². The highest BCUT2D eigenvalue weighted by atomic mass is 127. The van der Waals surface area contributed by atoms with Gasteiger partial charge < -0.3 is 10.6 Å². The van der Waals surface area contributed by atoms with Crippen LogP contribution >= 0.6 is 24.0 Å². The number of nitrogens with one attached hydrogen (secondary N) is 2. The maximum atomic E-state index is 11.8. The van der Waals surface area contributed by atoms with E-state index in [9.17, 15) is 8.42 Å². The topological polar surface area (TPSA) is 88.4 Å². The van der Waals surface area contributed by atoms with Crippen molar-refractivity contribution in [1.82, 2.24) is 20.4 Å². The summed E-state index contributed by atoms with van der Waals surface area (Å²) in [6.07, 6.45) is 4.90. The number of nitrogens with zero attached hydrogens (tertiary/aromatic N) is 3. The molecule has 0 amide bonds. The van der Waals surface area contributed by atoms with Crippen molar-refractivity contribution in [2.45, 2.75) is 31.8 Å². The van der Waals surface area contributed by atoms with Gasteiger partial charge in [0.15, 0.2) is 15.8 Å². The summed E-state index contributed by atoms with van der Waals surface area (Å²) in [5, 5.41) is 10.9.